The Balaban J connectivity index is 2.48. The molecule has 0 atom stereocenters. The van der Waals surface area contributed by atoms with E-state index in [1.54, 1.807) is 18.3 Å². The highest BCUT2D eigenvalue weighted by Crippen LogP contribution is 2.25. The Labute approximate surface area is 74.3 Å². The Kier molecular flexibility index (Phi) is 1.80. The van der Waals surface area contributed by atoms with Gasteiger partial charge in [0.1, 0.15) is 5.75 Å². The van der Waals surface area contributed by atoms with Crippen LogP contribution in [0.25, 0.3) is 10.4 Å². The SMILES string of the molecule is Oc1cccc(-c2ccns2)c1. The number of aromatic nitrogens is 1. The molecule has 0 aliphatic rings. The first-order chi connectivity index (χ1) is 5.86. The van der Waals surface area contributed by atoms with E-state index in [0.29, 0.717) is 5.75 Å². The molecular weight excluding hydrogens is 170 g/mol. The summed E-state index contributed by atoms with van der Waals surface area (Å²) in [5.74, 6) is 0.293. The Morgan fingerprint density at radius 1 is 1.25 bits per heavy atom. The molecule has 0 aliphatic heterocycles. The van der Waals surface area contributed by atoms with Crippen molar-refractivity contribution < 1.29 is 5.11 Å². The Morgan fingerprint density at radius 2 is 2.17 bits per heavy atom. The molecule has 60 valence electrons. The first-order valence-electron chi connectivity index (χ1n) is 3.56. The third kappa shape index (κ3) is 1.31. The van der Waals surface area contributed by atoms with Crippen LogP contribution in [0.3, 0.4) is 0 Å². The smallest absolute Gasteiger partial charge is 0.116 e. The van der Waals surface area contributed by atoms with E-state index in [1.807, 2.05) is 18.2 Å². The molecule has 0 bridgehead atoms. The van der Waals surface area contributed by atoms with Crippen LogP contribution < -0.4 is 0 Å². The molecule has 1 N–H and O–H groups in total. The maximum Gasteiger partial charge on any atom is 0.116 e. The molecule has 1 heterocycles. The largest absolute Gasteiger partial charge is 0.508 e. The lowest BCUT2D eigenvalue weighted by molar-refractivity contribution is 0.475. The minimum atomic E-state index is 0.293. The van der Waals surface area contributed by atoms with Gasteiger partial charge in [-0.1, -0.05) is 12.1 Å². The summed E-state index contributed by atoms with van der Waals surface area (Å²) in [5.41, 5.74) is 1.01. The van der Waals surface area contributed by atoms with E-state index < -0.39 is 0 Å². The van der Waals surface area contributed by atoms with Crippen molar-refractivity contribution in [1.82, 2.24) is 4.37 Å². The molecule has 2 nitrogen and oxygen atoms in total. The van der Waals surface area contributed by atoms with E-state index in [9.17, 15) is 5.11 Å². The lowest BCUT2D eigenvalue weighted by Crippen LogP contribution is -1.70. The topological polar surface area (TPSA) is 33.1 Å². The summed E-state index contributed by atoms with van der Waals surface area (Å²) in [5, 5.41) is 9.20. The second kappa shape index (κ2) is 2.95. The van der Waals surface area contributed by atoms with E-state index >= 15 is 0 Å². The number of hydrogen-bond donors (Lipinski definition) is 1. The second-order valence-electron chi connectivity index (χ2n) is 2.43. The van der Waals surface area contributed by atoms with Gasteiger partial charge in [0.2, 0.25) is 0 Å². The van der Waals surface area contributed by atoms with Crippen molar-refractivity contribution in [3.8, 4) is 16.2 Å². The summed E-state index contributed by atoms with van der Waals surface area (Å²) >= 11 is 1.42. The molecule has 0 spiro atoms. The first-order valence-corrected chi connectivity index (χ1v) is 4.34. The number of benzene rings is 1. The Bertz CT molecular complexity index is 370. The minimum Gasteiger partial charge on any atom is -0.508 e. The molecule has 2 rings (SSSR count). The predicted octanol–water partition coefficient (Wildman–Crippen LogP) is 2.52. The van der Waals surface area contributed by atoms with Gasteiger partial charge in [0.05, 0.1) is 4.88 Å². The maximum atomic E-state index is 9.20. The fourth-order valence-electron chi connectivity index (χ4n) is 1.02. The van der Waals surface area contributed by atoms with Crippen LogP contribution in [0.2, 0.25) is 0 Å². The monoisotopic (exact) mass is 177 g/mol. The summed E-state index contributed by atoms with van der Waals surface area (Å²) in [6.45, 7) is 0. The van der Waals surface area contributed by atoms with Crippen LogP contribution in [0, 0.1) is 0 Å². The number of rotatable bonds is 1. The van der Waals surface area contributed by atoms with Crippen LogP contribution in [0.15, 0.2) is 36.5 Å². The Hall–Kier alpha value is -1.35. The van der Waals surface area contributed by atoms with Crippen LogP contribution in [-0.4, -0.2) is 9.48 Å². The van der Waals surface area contributed by atoms with Crippen molar-refractivity contribution >= 4 is 11.5 Å². The van der Waals surface area contributed by atoms with Gasteiger partial charge in [-0.05, 0) is 35.3 Å². The van der Waals surface area contributed by atoms with Crippen molar-refractivity contribution in [2.24, 2.45) is 0 Å². The van der Waals surface area contributed by atoms with E-state index in [4.69, 9.17) is 0 Å². The summed E-state index contributed by atoms with van der Waals surface area (Å²) in [4.78, 5) is 1.07. The van der Waals surface area contributed by atoms with E-state index in [0.717, 1.165) is 10.4 Å². The molecule has 0 aliphatic carbocycles. The summed E-state index contributed by atoms with van der Waals surface area (Å²) < 4.78 is 3.99. The fourth-order valence-corrected chi connectivity index (χ4v) is 1.61. The van der Waals surface area contributed by atoms with Crippen LogP contribution in [-0.2, 0) is 0 Å². The van der Waals surface area contributed by atoms with Gasteiger partial charge in [-0.15, -0.1) is 0 Å². The van der Waals surface area contributed by atoms with Crippen molar-refractivity contribution in [1.29, 1.82) is 0 Å². The average molecular weight is 177 g/mol. The third-order valence-electron chi connectivity index (χ3n) is 1.57. The van der Waals surface area contributed by atoms with Gasteiger partial charge >= 0.3 is 0 Å². The third-order valence-corrected chi connectivity index (χ3v) is 2.36. The highest BCUT2D eigenvalue weighted by atomic mass is 32.1. The quantitative estimate of drug-likeness (QED) is 0.726. The zero-order chi connectivity index (χ0) is 8.39. The predicted molar refractivity (Wildman–Crippen MR) is 49.2 cm³/mol. The van der Waals surface area contributed by atoms with Gasteiger partial charge in [0.25, 0.3) is 0 Å². The number of phenolic OH excluding ortho intramolecular Hbond substituents is 1. The summed E-state index contributed by atoms with van der Waals surface area (Å²) in [6.07, 6.45) is 1.75. The highest BCUT2D eigenvalue weighted by Gasteiger charge is 1.98. The lowest BCUT2D eigenvalue weighted by Gasteiger charge is -1.95. The molecule has 12 heavy (non-hydrogen) atoms. The molecular formula is C9H7NOS. The van der Waals surface area contributed by atoms with E-state index in [1.165, 1.54) is 11.5 Å². The van der Waals surface area contributed by atoms with Crippen molar-refractivity contribution in [3.05, 3.63) is 36.5 Å². The highest BCUT2D eigenvalue weighted by molar-refractivity contribution is 7.09. The molecule has 0 unspecified atom stereocenters. The molecule has 3 heteroatoms. The van der Waals surface area contributed by atoms with Crippen LogP contribution in [0.1, 0.15) is 0 Å². The molecule has 0 amide bonds. The minimum absolute atomic E-state index is 0.293. The normalized spacial score (nSPS) is 10.0. The van der Waals surface area contributed by atoms with E-state index in [2.05, 4.69) is 4.37 Å². The zero-order valence-corrected chi connectivity index (χ0v) is 7.08. The second-order valence-corrected chi connectivity index (χ2v) is 3.26. The fraction of sp³-hybridized carbons (Fsp3) is 0. The first kappa shape index (κ1) is 7.31. The van der Waals surface area contributed by atoms with Crippen LogP contribution in [0.5, 0.6) is 5.75 Å². The molecule has 1 aromatic heterocycles. The Morgan fingerprint density at radius 3 is 2.83 bits per heavy atom. The number of hydrogen-bond acceptors (Lipinski definition) is 3. The van der Waals surface area contributed by atoms with Gasteiger partial charge in [-0.2, -0.15) is 0 Å². The standard InChI is InChI=1S/C9H7NOS/c11-8-3-1-2-7(6-8)9-4-5-10-12-9/h1-6,11H. The van der Waals surface area contributed by atoms with Crippen molar-refractivity contribution in [2.45, 2.75) is 0 Å². The van der Waals surface area contributed by atoms with Crippen molar-refractivity contribution in [2.75, 3.05) is 0 Å². The average Bonchev–Trinajstić information content (AvgIpc) is 2.56. The number of nitrogens with zero attached hydrogens (tertiary/aromatic N) is 1. The molecule has 0 radical (unpaired) electrons. The van der Waals surface area contributed by atoms with E-state index in [-0.39, 0.29) is 0 Å². The molecule has 1 aromatic carbocycles. The number of phenols is 1. The van der Waals surface area contributed by atoms with Gasteiger partial charge < -0.3 is 5.11 Å². The van der Waals surface area contributed by atoms with Crippen LogP contribution in [0.4, 0.5) is 0 Å². The van der Waals surface area contributed by atoms with Gasteiger partial charge in [0, 0.05) is 6.20 Å². The number of aromatic hydroxyl groups is 1. The van der Waals surface area contributed by atoms with Gasteiger partial charge in [-0.3, -0.25) is 0 Å². The lowest BCUT2D eigenvalue weighted by atomic mass is 10.2. The maximum absolute atomic E-state index is 9.20. The molecule has 2 aromatic rings. The zero-order valence-electron chi connectivity index (χ0n) is 6.27. The molecule has 0 fully saturated rings. The summed E-state index contributed by atoms with van der Waals surface area (Å²) in [6, 6.07) is 9.09. The molecule has 0 saturated carbocycles. The van der Waals surface area contributed by atoms with Gasteiger partial charge in [-0.25, -0.2) is 4.37 Å². The summed E-state index contributed by atoms with van der Waals surface area (Å²) in [7, 11) is 0. The van der Waals surface area contributed by atoms with Crippen LogP contribution >= 0.6 is 11.5 Å². The van der Waals surface area contributed by atoms with Gasteiger partial charge in [0.15, 0.2) is 0 Å². The van der Waals surface area contributed by atoms with Crippen molar-refractivity contribution in [3.63, 3.8) is 0 Å². The molecule has 0 saturated heterocycles.